The maximum absolute atomic E-state index is 13.2. The van der Waals surface area contributed by atoms with E-state index in [0.29, 0.717) is 12.0 Å². The molecule has 2 aromatic rings. The number of para-hydroxylation sites is 1. The van der Waals surface area contributed by atoms with Gasteiger partial charge < -0.3 is 4.74 Å². The molecule has 0 aliphatic rings. The second kappa shape index (κ2) is 5.78. The molecule has 4 heteroatoms. The Labute approximate surface area is 109 Å². The van der Waals surface area contributed by atoms with Crippen molar-refractivity contribution in [1.29, 1.82) is 0 Å². The summed E-state index contributed by atoms with van der Waals surface area (Å²) >= 11 is 0. The fourth-order valence-corrected chi connectivity index (χ4v) is 1.90. The molecule has 0 amide bonds. The highest BCUT2D eigenvalue weighted by molar-refractivity contribution is 5.39. The minimum atomic E-state index is -2.87. The third-order valence-electron chi connectivity index (χ3n) is 2.88. The number of ether oxygens (including phenoxy) is 1. The summed E-state index contributed by atoms with van der Waals surface area (Å²) in [5.41, 5.74) is 2.27. The standard InChI is InChI=1S/C15H13F3O/c1-10-6-7-13(16)9-12(10)8-11-4-2-3-5-14(11)19-15(17)18/h2-7,9,15H,8H2,1H3. The molecule has 0 aromatic heterocycles. The van der Waals surface area contributed by atoms with Crippen LogP contribution in [0.15, 0.2) is 42.5 Å². The molecule has 2 aromatic carbocycles. The van der Waals surface area contributed by atoms with E-state index in [1.54, 1.807) is 24.3 Å². The van der Waals surface area contributed by atoms with E-state index < -0.39 is 6.61 Å². The molecule has 0 unspecified atom stereocenters. The lowest BCUT2D eigenvalue weighted by molar-refractivity contribution is -0.0503. The number of alkyl halides is 2. The number of halogens is 3. The third-order valence-corrected chi connectivity index (χ3v) is 2.88. The Morgan fingerprint density at radius 3 is 2.53 bits per heavy atom. The van der Waals surface area contributed by atoms with Crippen LogP contribution in [0.1, 0.15) is 16.7 Å². The van der Waals surface area contributed by atoms with Crippen LogP contribution in [-0.4, -0.2) is 6.61 Å². The predicted molar refractivity (Wildman–Crippen MR) is 67.0 cm³/mol. The van der Waals surface area contributed by atoms with Crippen LogP contribution in [0.5, 0.6) is 5.75 Å². The molecule has 0 aliphatic heterocycles. The molecule has 0 bridgehead atoms. The smallest absolute Gasteiger partial charge is 0.387 e. The van der Waals surface area contributed by atoms with Gasteiger partial charge in [-0.1, -0.05) is 24.3 Å². The van der Waals surface area contributed by atoms with E-state index in [1.165, 1.54) is 18.2 Å². The molecule has 1 nitrogen and oxygen atoms in total. The van der Waals surface area contributed by atoms with Crippen molar-refractivity contribution in [3.63, 3.8) is 0 Å². The molecule has 0 aliphatic carbocycles. The van der Waals surface area contributed by atoms with Gasteiger partial charge in [-0.3, -0.25) is 0 Å². The first-order chi connectivity index (χ1) is 9.06. The predicted octanol–water partition coefficient (Wildman–Crippen LogP) is 4.33. The minimum absolute atomic E-state index is 0.126. The first-order valence-corrected chi connectivity index (χ1v) is 5.84. The molecule has 0 saturated heterocycles. The van der Waals surface area contributed by atoms with Gasteiger partial charge in [-0.25, -0.2) is 4.39 Å². The average Bonchev–Trinajstić information content (AvgIpc) is 2.35. The van der Waals surface area contributed by atoms with Crippen LogP contribution in [0.25, 0.3) is 0 Å². The van der Waals surface area contributed by atoms with Crippen molar-refractivity contribution in [3.05, 3.63) is 65.0 Å². The highest BCUT2D eigenvalue weighted by Gasteiger charge is 2.10. The largest absolute Gasteiger partial charge is 0.435 e. The average molecular weight is 266 g/mol. The normalized spacial score (nSPS) is 10.8. The summed E-state index contributed by atoms with van der Waals surface area (Å²) in [6.07, 6.45) is 0.354. The van der Waals surface area contributed by atoms with Crippen LogP contribution in [0.3, 0.4) is 0 Å². The maximum atomic E-state index is 13.2. The van der Waals surface area contributed by atoms with Crippen molar-refractivity contribution < 1.29 is 17.9 Å². The van der Waals surface area contributed by atoms with E-state index in [2.05, 4.69) is 4.74 Å². The minimum Gasteiger partial charge on any atom is -0.435 e. The first kappa shape index (κ1) is 13.5. The van der Waals surface area contributed by atoms with Crippen molar-refractivity contribution in [2.75, 3.05) is 0 Å². The fourth-order valence-electron chi connectivity index (χ4n) is 1.90. The first-order valence-electron chi connectivity index (χ1n) is 5.84. The molecular weight excluding hydrogens is 253 g/mol. The fraction of sp³-hybridized carbons (Fsp3) is 0.200. The molecule has 0 heterocycles. The summed E-state index contributed by atoms with van der Waals surface area (Å²) < 4.78 is 42.3. The third kappa shape index (κ3) is 3.50. The van der Waals surface area contributed by atoms with Crippen molar-refractivity contribution in [3.8, 4) is 5.75 Å². The number of hydrogen-bond donors (Lipinski definition) is 0. The summed E-state index contributed by atoms with van der Waals surface area (Å²) in [5, 5.41) is 0. The molecular formula is C15H13F3O. The van der Waals surface area contributed by atoms with Crippen LogP contribution in [0, 0.1) is 12.7 Å². The van der Waals surface area contributed by atoms with Crippen molar-refractivity contribution in [2.45, 2.75) is 20.0 Å². The van der Waals surface area contributed by atoms with Crippen molar-refractivity contribution in [1.82, 2.24) is 0 Å². The second-order valence-electron chi connectivity index (χ2n) is 4.23. The van der Waals surface area contributed by atoms with Gasteiger partial charge in [-0.05, 0) is 41.8 Å². The van der Waals surface area contributed by atoms with Gasteiger partial charge in [0.15, 0.2) is 0 Å². The van der Waals surface area contributed by atoms with Gasteiger partial charge in [0.25, 0.3) is 0 Å². The zero-order valence-electron chi connectivity index (χ0n) is 10.4. The summed E-state index contributed by atoms with van der Waals surface area (Å²) in [7, 11) is 0. The molecule has 0 fully saturated rings. The molecule has 0 radical (unpaired) electrons. The van der Waals surface area contributed by atoms with E-state index >= 15 is 0 Å². The summed E-state index contributed by atoms with van der Waals surface area (Å²) in [5.74, 6) is -0.214. The Kier molecular flexibility index (Phi) is 4.10. The Hall–Kier alpha value is -1.97. The van der Waals surface area contributed by atoms with Gasteiger partial charge in [0.2, 0.25) is 0 Å². The lowest BCUT2D eigenvalue weighted by Crippen LogP contribution is -2.05. The van der Waals surface area contributed by atoms with Gasteiger partial charge in [0, 0.05) is 6.42 Å². The zero-order valence-corrected chi connectivity index (χ0v) is 10.4. The molecule has 0 atom stereocenters. The quantitative estimate of drug-likeness (QED) is 0.800. The molecule has 2 rings (SSSR count). The zero-order chi connectivity index (χ0) is 13.8. The number of aryl methyl sites for hydroxylation is 1. The van der Waals surface area contributed by atoms with Crippen LogP contribution in [0.4, 0.5) is 13.2 Å². The summed E-state index contributed by atoms with van der Waals surface area (Å²) in [4.78, 5) is 0. The van der Waals surface area contributed by atoms with Gasteiger partial charge in [-0.15, -0.1) is 0 Å². The monoisotopic (exact) mass is 266 g/mol. The van der Waals surface area contributed by atoms with Gasteiger partial charge in [0.05, 0.1) is 0 Å². The molecule has 19 heavy (non-hydrogen) atoms. The molecule has 0 N–H and O–H groups in total. The number of benzene rings is 2. The summed E-state index contributed by atoms with van der Waals surface area (Å²) in [6, 6.07) is 11.0. The highest BCUT2D eigenvalue weighted by Crippen LogP contribution is 2.24. The van der Waals surface area contributed by atoms with Crippen LogP contribution >= 0.6 is 0 Å². The lowest BCUT2D eigenvalue weighted by Gasteiger charge is -2.12. The highest BCUT2D eigenvalue weighted by atomic mass is 19.3. The topological polar surface area (TPSA) is 9.23 Å². The molecule has 100 valence electrons. The lowest BCUT2D eigenvalue weighted by atomic mass is 10.00. The Morgan fingerprint density at radius 1 is 1.05 bits per heavy atom. The molecule has 0 saturated carbocycles. The maximum Gasteiger partial charge on any atom is 0.387 e. The Bertz CT molecular complexity index is 567. The number of hydrogen-bond acceptors (Lipinski definition) is 1. The van der Waals surface area contributed by atoms with E-state index in [1.807, 2.05) is 6.92 Å². The number of rotatable bonds is 4. The molecule has 0 spiro atoms. The Balaban J connectivity index is 2.30. The van der Waals surface area contributed by atoms with Crippen LogP contribution in [0.2, 0.25) is 0 Å². The van der Waals surface area contributed by atoms with Gasteiger partial charge in [-0.2, -0.15) is 8.78 Å². The van der Waals surface area contributed by atoms with Crippen molar-refractivity contribution in [2.24, 2.45) is 0 Å². The van der Waals surface area contributed by atoms with E-state index in [0.717, 1.165) is 11.1 Å². The van der Waals surface area contributed by atoms with E-state index in [9.17, 15) is 13.2 Å². The van der Waals surface area contributed by atoms with Gasteiger partial charge in [0.1, 0.15) is 11.6 Å². The van der Waals surface area contributed by atoms with Gasteiger partial charge >= 0.3 is 6.61 Å². The summed E-state index contributed by atoms with van der Waals surface area (Å²) in [6.45, 7) is -1.01. The Morgan fingerprint density at radius 2 is 1.79 bits per heavy atom. The van der Waals surface area contributed by atoms with Crippen LogP contribution < -0.4 is 4.74 Å². The van der Waals surface area contributed by atoms with E-state index in [-0.39, 0.29) is 11.6 Å². The van der Waals surface area contributed by atoms with Crippen molar-refractivity contribution >= 4 is 0 Å². The second-order valence-corrected chi connectivity index (χ2v) is 4.23. The van der Waals surface area contributed by atoms with E-state index in [4.69, 9.17) is 0 Å². The van der Waals surface area contributed by atoms with Crippen LogP contribution in [-0.2, 0) is 6.42 Å². The SMILES string of the molecule is Cc1ccc(F)cc1Cc1ccccc1OC(F)F.